The van der Waals surface area contributed by atoms with E-state index in [1.165, 1.54) is 0 Å². The van der Waals surface area contributed by atoms with Crippen molar-refractivity contribution in [2.24, 2.45) is 0 Å². The maximum absolute atomic E-state index is 11.4. The number of nitrogens with two attached hydrogens (primary N) is 1. The average molecular weight is 257 g/mol. The lowest BCUT2D eigenvalue weighted by Gasteiger charge is -2.28. The zero-order valence-electron chi connectivity index (χ0n) is 10.4. The third-order valence-corrected chi connectivity index (χ3v) is 3.25. The lowest BCUT2D eigenvalue weighted by atomic mass is 10.1. The minimum Gasteiger partial charge on any atom is -0.384 e. The summed E-state index contributed by atoms with van der Waals surface area (Å²) >= 11 is 0. The maximum Gasteiger partial charge on any atom is 0.239 e. The maximum atomic E-state index is 11.4. The summed E-state index contributed by atoms with van der Waals surface area (Å²) in [4.78, 5) is 13.4. The van der Waals surface area contributed by atoms with Crippen LogP contribution in [0.25, 0.3) is 11.1 Å². The van der Waals surface area contributed by atoms with Crippen LogP contribution in [0, 0.1) is 0 Å². The predicted molar refractivity (Wildman–Crippen MR) is 73.7 cm³/mol. The molecule has 4 N–H and O–H groups in total. The summed E-state index contributed by atoms with van der Waals surface area (Å²) in [7, 11) is 0. The van der Waals surface area contributed by atoms with Crippen LogP contribution in [0.3, 0.4) is 0 Å². The molecule has 1 aliphatic rings. The molecule has 6 heteroatoms. The van der Waals surface area contributed by atoms with E-state index in [0.717, 1.165) is 23.4 Å². The van der Waals surface area contributed by atoms with E-state index in [1.807, 2.05) is 24.3 Å². The van der Waals surface area contributed by atoms with Gasteiger partial charge in [0.2, 0.25) is 5.91 Å². The Balaban J connectivity index is 1.83. The Hall–Kier alpha value is -2.50. The van der Waals surface area contributed by atoms with Crippen molar-refractivity contribution in [3.8, 4) is 11.1 Å². The molecule has 1 amide bonds. The molecule has 6 nitrogen and oxygen atoms in total. The monoisotopic (exact) mass is 257 g/mol. The number of hydrogen-bond acceptors (Lipinski definition) is 4. The van der Waals surface area contributed by atoms with E-state index >= 15 is 0 Å². The molecule has 0 aliphatic carbocycles. The van der Waals surface area contributed by atoms with Crippen molar-refractivity contribution < 1.29 is 4.79 Å². The molecule has 0 unspecified atom stereocenters. The van der Waals surface area contributed by atoms with Crippen LogP contribution in [-0.4, -0.2) is 35.7 Å². The second-order valence-corrected chi connectivity index (χ2v) is 4.52. The zero-order valence-corrected chi connectivity index (χ0v) is 10.4. The van der Waals surface area contributed by atoms with Gasteiger partial charge in [0.15, 0.2) is 0 Å². The molecule has 19 heavy (non-hydrogen) atoms. The van der Waals surface area contributed by atoms with Crippen LogP contribution in [0.2, 0.25) is 0 Å². The van der Waals surface area contributed by atoms with E-state index in [4.69, 9.17) is 5.73 Å². The van der Waals surface area contributed by atoms with Gasteiger partial charge in [0.05, 0.1) is 12.7 Å². The summed E-state index contributed by atoms with van der Waals surface area (Å²) < 4.78 is 0. The molecule has 1 fully saturated rings. The molecule has 1 saturated heterocycles. The Kier molecular flexibility index (Phi) is 2.83. The zero-order chi connectivity index (χ0) is 13.2. The highest BCUT2D eigenvalue weighted by Crippen LogP contribution is 2.26. The first-order valence-corrected chi connectivity index (χ1v) is 6.15. The molecule has 1 aromatic heterocycles. The predicted octanol–water partition coefficient (Wildman–Crippen LogP) is 0.595. The number of carbonyl (C=O) groups excluding carboxylic acids is 1. The van der Waals surface area contributed by atoms with Gasteiger partial charge in [0.1, 0.15) is 5.82 Å². The van der Waals surface area contributed by atoms with Crippen molar-refractivity contribution in [3.05, 3.63) is 30.5 Å². The molecule has 1 aliphatic heterocycles. The van der Waals surface area contributed by atoms with Gasteiger partial charge in [-0.05, 0) is 17.7 Å². The highest BCUT2D eigenvalue weighted by atomic mass is 16.2. The number of aromatic amines is 1. The first-order chi connectivity index (χ1) is 9.24. The normalized spacial score (nSPS) is 15.4. The van der Waals surface area contributed by atoms with Gasteiger partial charge in [0.25, 0.3) is 0 Å². The van der Waals surface area contributed by atoms with E-state index < -0.39 is 0 Å². The SMILES string of the molecule is Nc1[nH]ncc1-c1ccc(N2CCNC(=O)C2)cc1. The number of anilines is 2. The Labute approximate surface area is 110 Å². The smallest absolute Gasteiger partial charge is 0.239 e. The molecular formula is C13H15N5O. The van der Waals surface area contributed by atoms with Gasteiger partial charge in [0, 0.05) is 24.3 Å². The Morgan fingerprint density at radius 1 is 1.26 bits per heavy atom. The minimum atomic E-state index is 0.0643. The number of benzene rings is 1. The van der Waals surface area contributed by atoms with Crippen LogP contribution in [0.1, 0.15) is 0 Å². The number of nitrogens with one attached hydrogen (secondary N) is 2. The van der Waals surface area contributed by atoms with Crippen molar-refractivity contribution in [2.75, 3.05) is 30.3 Å². The largest absolute Gasteiger partial charge is 0.384 e. The van der Waals surface area contributed by atoms with Crippen LogP contribution in [0.4, 0.5) is 11.5 Å². The van der Waals surface area contributed by atoms with Crippen LogP contribution < -0.4 is 16.0 Å². The fourth-order valence-corrected chi connectivity index (χ4v) is 2.24. The Bertz CT molecular complexity index is 589. The van der Waals surface area contributed by atoms with E-state index in [9.17, 15) is 4.79 Å². The second kappa shape index (κ2) is 4.64. The van der Waals surface area contributed by atoms with Gasteiger partial charge in [-0.15, -0.1) is 0 Å². The lowest BCUT2D eigenvalue weighted by Crippen LogP contribution is -2.47. The van der Waals surface area contributed by atoms with Crippen molar-refractivity contribution in [1.29, 1.82) is 0 Å². The standard InChI is InChI=1S/C13H15N5O/c14-13-11(7-16-17-13)9-1-3-10(4-2-9)18-6-5-15-12(19)8-18/h1-4,7H,5-6,8H2,(H,15,19)(H3,14,16,17). The Morgan fingerprint density at radius 3 is 2.68 bits per heavy atom. The highest BCUT2D eigenvalue weighted by Gasteiger charge is 2.16. The fourth-order valence-electron chi connectivity index (χ4n) is 2.24. The summed E-state index contributed by atoms with van der Waals surface area (Å²) in [5, 5.41) is 9.44. The molecule has 98 valence electrons. The van der Waals surface area contributed by atoms with Crippen LogP contribution in [0.15, 0.2) is 30.5 Å². The molecule has 0 atom stereocenters. The van der Waals surface area contributed by atoms with Crippen molar-refractivity contribution in [2.45, 2.75) is 0 Å². The molecule has 0 bridgehead atoms. The molecule has 0 spiro atoms. The van der Waals surface area contributed by atoms with E-state index in [2.05, 4.69) is 20.4 Å². The van der Waals surface area contributed by atoms with Crippen molar-refractivity contribution in [1.82, 2.24) is 15.5 Å². The molecular weight excluding hydrogens is 242 g/mol. The number of amides is 1. The summed E-state index contributed by atoms with van der Waals surface area (Å²) in [5.41, 5.74) is 8.73. The fraction of sp³-hybridized carbons (Fsp3) is 0.231. The number of carbonyl (C=O) groups is 1. The highest BCUT2D eigenvalue weighted by molar-refractivity contribution is 5.83. The number of rotatable bonds is 2. The summed E-state index contributed by atoms with van der Waals surface area (Å²) in [6.45, 7) is 1.93. The van der Waals surface area contributed by atoms with Gasteiger partial charge in [-0.2, -0.15) is 5.10 Å². The third kappa shape index (κ3) is 2.24. The summed E-state index contributed by atoms with van der Waals surface area (Å²) in [6, 6.07) is 7.98. The number of piperazine rings is 1. The summed E-state index contributed by atoms with van der Waals surface area (Å²) in [6.07, 6.45) is 1.71. The van der Waals surface area contributed by atoms with E-state index in [-0.39, 0.29) is 5.91 Å². The van der Waals surface area contributed by atoms with Gasteiger partial charge in [-0.3, -0.25) is 9.89 Å². The Morgan fingerprint density at radius 2 is 2.05 bits per heavy atom. The van der Waals surface area contributed by atoms with Gasteiger partial charge < -0.3 is 16.0 Å². The lowest BCUT2D eigenvalue weighted by molar-refractivity contribution is -0.120. The second-order valence-electron chi connectivity index (χ2n) is 4.52. The van der Waals surface area contributed by atoms with Gasteiger partial charge in [-0.1, -0.05) is 12.1 Å². The van der Waals surface area contributed by atoms with Crippen LogP contribution in [-0.2, 0) is 4.79 Å². The van der Waals surface area contributed by atoms with Crippen LogP contribution in [0.5, 0.6) is 0 Å². The number of aromatic nitrogens is 2. The molecule has 0 radical (unpaired) electrons. The molecule has 3 rings (SSSR count). The average Bonchev–Trinajstić information content (AvgIpc) is 2.85. The van der Waals surface area contributed by atoms with Gasteiger partial charge >= 0.3 is 0 Å². The number of H-pyrrole nitrogens is 1. The first kappa shape index (κ1) is 11.6. The van der Waals surface area contributed by atoms with E-state index in [0.29, 0.717) is 18.9 Å². The van der Waals surface area contributed by atoms with Crippen LogP contribution >= 0.6 is 0 Å². The van der Waals surface area contributed by atoms with Crippen molar-refractivity contribution >= 4 is 17.4 Å². The number of hydrogen-bond donors (Lipinski definition) is 3. The molecule has 1 aromatic carbocycles. The first-order valence-electron chi connectivity index (χ1n) is 6.15. The third-order valence-electron chi connectivity index (χ3n) is 3.25. The quantitative estimate of drug-likeness (QED) is 0.735. The summed E-state index contributed by atoms with van der Waals surface area (Å²) in [5.74, 6) is 0.625. The number of nitrogens with zero attached hydrogens (tertiary/aromatic N) is 2. The topological polar surface area (TPSA) is 87.0 Å². The number of nitrogen functional groups attached to an aromatic ring is 1. The molecule has 2 heterocycles. The molecule has 2 aromatic rings. The van der Waals surface area contributed by atoms with Gasteiger partial charge in [-0.25, -0.2) is 0 Å². The molecule has 0 saturated carbocycles. The van der Waals surface area contributed by atoms with E-state index in [1.54, 1.807) is 6.20 Å². The minimum absolute atomic E-state index is 0.0643. The van der Waals surface area contributed by atoms with Crippen molar-refractivity contribution in [3.63, 3.8) is 0 Å².